The van der Waals surface area contributed by atoms with Crippen LogP contribution in [0.5, 0.6) is 11.5 Å². The molecule has 2 aromatic carbocycles. The summed E-state index contributed by atoms with van der Waals surface area (Å²) in [5.41, 5.74) is 1.93. The minimum absolute atomic E-state index is 0.133. The fourth-order valence-electron chi connectivity index (χ4n) is 2.11. The monoisotopic (exact) mass is 376 g/mol. The second-order valence-electron chi connectivity index (χ2n) is 6.27. The third-order valence-electron chi connectivity index (χ3n) is 3.43. The lowest BCUT2D eigenvalue weighted by atomic mass is 9.87. The summed E-state index contributed by atoms with van der Waals surface area (Å²) in [6, 6.07) is 13.4. The number of hydrogen-bond acceptors (Lipinski definition) is 3. The van der Waals surface area contributed by atoms with Crippen molar-refractivity contribution < 1.29 is 14.3 Å². The number of ether oxygens (including phenoxy) is 2. The number of carbonyl (C=O) groups is 1. The third kappa shape index (κ3) is 5.10. The van der Waals surface area contributed by atoms with Crippen molar-refractivity contribution in [3.63, 3.8) is 0 Å². The maximum atomic E-state index is 11.0. The normalized spacial score (nSPS) is 11.1. The highest BCUT2D eigenvalue weighted by Gasteiger charge is 2.12. The molecule has 0 aliphatic heterocycles. The van der Waals surface area contributed by atoms with Gasteiger partial charge < -0.3 is 9.47 Å². The van der Waals surface area contributed by atoms with Crippen molar-refractivity contribution in [3.05, 3.63) is 58.1 Å². The van der Waals surface area contributed by atoms with Crippen molar-refractivity contribution in [2.75, 3.05) is 13.2 Å². The number of benzene rings is 2. The topological polar surface area (TPSA) is 35.5 Å². The molecule has 0 saturated heterocycles. The molecule has 2 rings (SSSR count). The molecule has 3 nitrogen and oxygen atoms in total. The quantitative estimate of drug-likeness (QED) is 0.524. The first-order valence-electron chi connectivity index (χ1n) is 7.51. The molecule has 2 aromatic rings. The van der Waals surface area contributed by atoms with Crippen LogP contribution in [0.2, 0.25) is 0 Å². The molecule has 0 spiro atoms. The van der Waals surface area contributed by atoms with Gasteiger partial charge in [-0.2, -0.15) is 0 Å². The Labute approximate surface area is 145 Å². The molecule has 0 N–H and O–H groups in total. The molecule has 0 aliphatic rings. The van der Waals surface area contributed by atoms with Gasteiger partial charge in [-0.15, -0.1) is 0 Å². The van der Waals surface area contributed by atoms with Crippen molar-refractivity contribution >= 4 is 22.2 Å². The van der Waals surface area contributed by atoms with Crippen LogP contribution in [-0.2, 0) is 5.41 Å². The van der Waals surface area contributed by atoms with Crippen LogP contribution in [0.1, 0.15) is 36.7 Å². The summed E-state index contributed by atoms with van der Waals surface area (Å²) in [7, 11) is 0. The van der Waals surface area contributed by atoms with Crippen LogP contribution in [0.4, 0.5) is 0 Å². The molecule has 4 heteroatoms. The summed E-state index contributed by atoms with van der Waals surface area (Å²) in [4.78, 5) is 11.0. The van der Waals surface area contributed by atoms with E-state index in [1.54, 1.807) is 12.1 Å². The first kappa shape index (κ1) is 17.5. The summed E-state index contributed by atoms with van der Waals surface area (Å²) >= 11 is 3.33. The van der Waals surface area contributed by atoms with Gasteiger partial charge in [0.15, 0.2) is 6.29 Å². The highest BCUT2D eigenvalue weighted by atomic mass is 79.9. The standard InChI is InChI=1S/C19H21BrO3/c1-19(2,3)15-4-7-17(8-5-15)22-10-11-23-18-9-6-16(20)12-14(18)13-21/h4-9,12-13H,10-11H2,1-3H3. The number of aldehydes is 1. The molecule has 0 unspecified atom stereocenters. The zero-order valence-electron chi connectivity index (χ0n) is 13.6. The Bertz CT molecular complexity index is 657. The summed E-state index contributed by atoms with van der Waals surface area (Å²) in [6.45, 7) is 7.34. The van der Waals surface area contributed by atoms with Crippen molar-refractivity contribution in [2.45, 2.75) is 26.2 Å². The van der Waals surface area contributed by atoms with E-state index in [2.05, 4.69) is 48.8 Å². The number of hydrogen-bond donors (Lipinski definition) is 0. The molecule has 0 heterocycles. The van der Waals surface area contributed by atoms with Crippen LogP contribution in [0.15, 0.2) is 46.9 Å². The SMILES string of the molecule is CC(C)(C)c1ccc(OCCOc2ccc(Br)cc2C=O)cc1. The maximum absolute atomic E-state index is 11.0. The molecular weight excluding hydrogens is 356 g/mol. The second-order valence-corrected chi connectivity index (χ2v) is 7.19. The van der Waals surface area contributed by atoms with Gasteiger partial charge >= 0.3 is 0 Å². The number of rotatable bonds is 6. The van der Waals surface area contributed by atoms with E-state index in [9.17, 15) is 4.79 Å². The smallest absolute Gasteiger partial charge is 0.153 e. The van der Waals surface area contributed by atoms with E-state index in [1.807, 2.05) is 18.2 Å². The lowest BCUT2D eigenvalue weighted by molar-refractivity contribution is 0.111. The van der Waals surface area contributed by atoms with Crippen LogP contribution < -0.4 is 9.47 Å². The van der Waals surface area contributed by atoms with Gasteiger partial charge in [0.1, 0.15) is 24.7 Å². The van der Waals surface area contributed by atoms with E-state index in [1.165, 1.54) is 5.56 Å². The van der Waals surface area contributed by atoms with E-state index < -0.39 is 0 Å². The van der Waals surface area contributed by atoms with Gasteiger partial charge in [0.25, 0.3) is 0 Å². The van der Waals surface area contributed by atoms with Gasteiger partial charge in [-0.3, -0.25) is 4.79 Å². The largest absolute Gasteiger partial charge is 0.490 e. The second kappa shape index (κ2) is 7.64. The molecule has 0 saturated carbocycles. The Balaban J connectivity index is 1.85. The van der Waals surface area contributed by atoms with Gasteiger partial charge in [0.05, 0.1) is 5.56 Å². The molecule has 0 fully saturated rings. The lowest BCUT2D eigenvalue weighted by Gasteiger charge is -2.19. The first-order valence-corrected chi connectivity index (χ1v) is 8.30. The zero-order valence-corrected chi connectivity index (χ0v) is 15.2. The van der Waals surface area contributed by atoms with Crippen LogP contribution in [0.25, 0.3) is 0 Å². The van der Waals surface area contributed by atoms with Crippen LogP contribution >= 0.6 is 15.9 Å². The molecule has 0 aliphatic carbocycles. The molecule has 0 bridgehead atoms. The molecule has 0 radical (unpaired) electrons. The molecule has 0 amide bonds. The Morgan fingerprint density at radius 2 is 1.65 bits per heavy atom. The van der Waals surface area contributed by atoms with Crippen molar-refractivity contribution in [3.8, 4) is 11.5 Å². The van der Waals surface area contributed by atoms with Crippen LogP contribution in [0, 0.1) is 0 Å². The fourth-order valence-corrected chi connectivity index (χ4v) is 2.48. The minimum Gasteiger partial charge on any atom is -0.490 e. The highest BCUT2D eigenvalue weighted by Crippen LogP contribution is 2.24. The van der Waals surface area contributed by atoms with E-state index >= 15 is 0 Å². The highest BCUT2D eigenvalue weighted by molar-refractivity contribution is 9.10. The van der Waals surface area contributed by atoms with Crippen molar-refractivity contribution in [2.24, 2.45) is 0 Å². The molecule has 23 heavy (non-hydrogen) atoms. The molecule has 0 atom stereocenters. The van der Waals surface area contributed by atoms with E-state index in [-0.39, 0.29) is 5.41 Å². The Kier molecular flexibility index (Phi) is 5.83. The summed E-state index contributed by atoms with van der Waals surface area (Å²) in [5.74, 6) is 1.38. The number of halogens is 1. The number of carbonyl (C=O) groups excluding carboxylic acids is 1. The summed E-state index contributed by atoms with van der Waals surface area (Å²) in [5, 5.41) is 0. The van der Waals surface area contributed by atoms with Crippen molar-refractivity contribution in [1.82, 2.24) is 0 Å². The van der Waals surface area contributed by atoms with Crippen molar-refractivity contribution in [1.29, 1.82) is 0 Å². The zero-order chi connectivity index (χ0) is 16.9. The lowest BCUT2D eigenvalue weighted by Crippen LogP contribution is -2.12. The predicted octanol–water partition coefficient (Wildman–Crippen LogP) is 5.02. The molecule has 0 aromatic heterocycles. The van der Waals surface area contributed by atoms with Crippen LogP contribution in [-0.4, -0.2) is 19.5 Å². The van der Waals surface area contributed by atoms with E-state index in [0.29, 0.717) is 24.5 Å². The summed E-state index contributed by atoms with van der Waals surface area (Å²) in [6.07, 6.45) is 0.784. The van der Waals surface area contributed by atoms with Crippen LogP contribution in [0.3, 0.4) is 0 Å². The van der Waals surface area contributed by atoms with Gasteiger partial charge in [-0.25, -0.2) is 0 Å². The molecular formula is C19H21BrO3. The first-order chi connectivity index (χ1) is 10.9. The van der Waals surface area contributed by atoms with E-state index in [4.69, 9.17) is 9.47 Å². The third-order valence-corrected chi connectivity index (χ3v) is 3.92. The predicted molar refractivity (Wildman–Crippen MR) is 95.7 cm³/mol. The average Bonchev–Trinajstić information content (AvgIpc) is 2.52. The van der Waals surface area contributed by atoms with Gasteiger partial charge in [0, 0.05) is 4.47 Å². The molecule has 122 valence electrons. The summed E-state index contributed by atoms with van der Waals surface area (Å²) < 4.78 is 12.1. The maximum Gasteiger partial charge on any atom is 0.153 e. The average molecular weight is 377 g/mol. The Morgan fingerprint density at radius 3 is 2.26 bits per heavy atom. The minimum atomic E-state index is 0.133. The van der Waals surface area contributed by atoms with Gasteiger partial charge in [-0.05, 0) is 41.3 Å². The Morgan fingerprint density at radius 1 is 1.00 bits per heavy atom. The van der Waals surface area contributed by atoms with Gasteiger partial charge in [-0.1, -0.05) is 48.8 Å². The van der Waals surface area contributed by atoms with Gasteiger partial charge in [0.2, 0.25) is 0 Å². The Hall–Kier alpha value is -1.81. The fraction of sp³-hybridized carbons (Fsp3) is 0.316. The van der Waals surface area contributed by atoms with E-state index in [0.717, 1.165) is 16.5 Å².